The summed E-state index contributed by atoms with van der Waals surface area (Å²) >= 11 is 16.9. The maximum Gasteiger partial charge on any atom is 0.357 e. The van der Waals surface area contributed by atoms with E-state index in [1.807, 2.05) is 0 Å². The first kappa shape index (κ1) is 17.2. The smallest absolute Gasteiger partial charge is 0.270 e. The van der Waals surface area contributed by atoms with Crippen LogP contribution in [-0.4, -0.2) is 46.3 Å². The highest BCUT2D eigenvalue weighted by molar-refractivity contribution is 7.89. The molecule has 1 aromatic rings. The van der Waals surface area contributed by atoms with Crippen LogP contribution < -0.4 is 4.72 Å². The monoisotopic (exact) mass is 386 g/mol. The molecule has 1 unspecified atom stereocenters. The van der Waals surface area contributed by atoms with Gasteiger partial charge in [-0.05, 0) is 19.1 Å². The molecule has 0 saturated carbocycles. The van der Waals surface area contributed by atoms with Gasteiger partial charge in [0.25, 0.3) is 15.9 Å². The lowest BCUT2D eigenvalue weighted by atomic mass is 10.0. The van der Waals surface area contributed by atoms with Gasteiger partial charge >= 0.3 is 6.03 Å². The molecule has 0 aromatic carbocycles. The lowest BCUT2D eigenvalue weighted by Gasteiger charge is -2.25. The molecule has 12 heteroatoms. The van der Waals surface area contributed by atoms with E-state index < -0.39 is 34.0 Å². The van der Waals surface area contributed by atoms with Crippen LogP contribution in [0.2, 0.25) is 5.02 Å². The molecular weight excluding hydrogens is 379 g/mol. The zero-order valence-corrected chi connectivity index (χ0v) is 14.0. The topological polar surface area (TPSA) is 99.7 Å². The van der Waals surface area contributed by atoms with Gasteiger partial charge in [0.15, 0.2) is 10.6 Å². The summed E-state index contributed by atoms with van der Waals surface area (Å²) in [5.41, 5.74) is -1.66. The third-order valence-electron chi connectivity index (χ3n) is 2.99. The van der Waals surface area contributed by atoms with Gasteiger partial charge in [-0.25, -0.2) is 27.3 Å². The zero-order chi connectivity index (χ0) is 16.7. The number of carbonyl (C=O) groups excluding carboxylic acids is 2. The number of halogens is 3. The van der Waals surface area contributed by atoms with E-state index in [0.29, 0.717) is 8.84 Å². The van der Waals surface area contributed by atoms with Crippen molar-refractivity contribution in [2.75, 3.05) is 6.54 Å². The maximum atomic E-state index is 12.1. The van der Waals surface area contributed by atoms with E-state index in [9.17, 15) is 18.0 Å². The van der Waals surface area contributed by atoms with Crippen LogP contribution in [0.5, 0.6) is 0 Å². The molecule has 1 aliphatic rings. The first-order valence-electron chi connectivity index (χ1n) is 5.71. The second-order valence-electron chi connectivity index (χ2n) is 4.56. The van der Waals surface area contributed by atoms with Crippen LogP contribution in [-0.2, 0) is 14.8 Å². The number of nitrogens with zero attached hydrogens (tertiary/aromatic N) is 3. The molecule has 2 heterocycles. The highest BCUT2D eigenvalue weighted by Gasteiger charge is 2.54. The van der Waals surface area contributed by atoms with Gasteiger partial charge in [-0.1, -0.05) is 11.6 Å². The second-order valence-corrected chi connectivity index (χ2v) is 7.39. The second kappa shape index (κ2) is 5.82. The lowest BCUT2D eigenvalue weighted by Crippen LogP contribution is -2.51. The average molecular weight is 388 g/mol. The number of pyridine rings is 1. The summed E-state index contributed by atoms with van der Waals surface area (Å²) in [5.74, 6) is -0.851. The molecule has 1 atom stereocenters. The van der Waals surface area contributed by atoms with Crippen LogP contribution in [0.25, 0.3) is 0 Å². The van der Waals surface area contributed by atoms with E-state index in [1.54, 1.807) is 0 Å². The SMILES string of the molecule is CC1(CNS(=O)(=O)c2cc(Cl)ccn2)C(=O)N(Cl)C(=O)N1Cl. The van der Waals surface area contributed by atoms with Crippen LogP contribution in [0.3, 0.4) is 0 Å². The van der Waals surface area contributed by atoms with E-state index in [1.165, 1.54) is 19.2 Å². The molecule has 0 spiro atoms. The zero-order valence-electron chi connectivity index (χ0n) is 11.0. The Bertz CT molecular complexity index is 743. The van der Waals surface area contributed by atoms with E-state index >= 15 is 0 Å². The largest absolute Gasteiger partial charge is 0.357 e. The molecule has 1 aliphatic heterocycles. The standard InChI is InChI=1S/C10H9Cl3N4O4S/c1-10(8(18)16(12)9(19)17(10)13)5-15-22(20,21)7-4-6(11)2-3-14-7/h2-4,15H,5H2,1H3. The summed E-state index contributed by atoms with van der Waals surface area (Å²) in [5, 5.41) is -0.149. The Morgan fingerprint density at radius 3 is 2.50 bits per heavy atom. The number of hydrogen-bond donors (Lipinski definition) is 1. The predicted octanol–water partition coefficient (Wildman–Crippen LogP) is 1.34. The van der Waals surface area contributed by atoms with Crippen LogP contribution in [0.15, 0.2) is 23.4 Å². The van der Waals surface area contributed by atoms with Gasteiger partial charge in [-0.2, -0.15) is 4.42 Å². The summed E-state index contributed by atoms with van der Waals surface area (Å²) in [6.45, 7) is 0.789. The summed E-state index contributed by atoms with van der Waals surface area (Å²) in [6, 6.07) is 1.59. The van der Waals surface area contributed by atoms with Gasteiger partial charge in [-0.15, -0.1) is 0 Å². The number of nitrogens with one attached hydrogen (secondary N) is 1. The summed E-state index contributed by atoms with van der Waals surface area (Å²) in [7, 11) is -4.05. The van der Waals surface area contributed by atoms with Crippen molar-refractivity contribution in [3.63, 3.8) is 0 Å². The van der Waals surface area contributed by atoms with Crippen molar-refractivity contribution in [1.29, 1.82) is 0 Å². The highest BCUT2D eigenvalue weighted by Crippen LogP contribution is 2.31. The minimum Gasteiger partial charge on any atom is -0.270 e. The van der Waals surface area contributed by atoms with Crippen molar-refractivity contribution in [2.45, 2.75) is 17.5 Å². The molecule has 22 heavy (non-hydrogen) atoms. The Morgan fingerprint density at radius 2 is 2.00 bits per heavy atom. The Hall–Kier alpha value is -1.13. The van der Waals surface area contributed by atoms with Gasteiger partial charge < -0.3 is 0 Å². The molecule has 3 amide bonds. The average Bonchev–Trinajstić information content (AvgIpc) is 2.62. The third kappa shape index (κ3) is 2.86. The van der Waals surface area contributed by atoms with Gasteiger partial charge in [0, 0.05) is 41.3 Å². The van der Waals surface area contributed by atoms with Crippen molar-refractivity contribution < 1.29 is 18.0 Å². The quantitative estimate of drug-likeness (QED) is 0.621. The van der Waals surface area contributed by atoms with Gasteiger partial charge in [-0.3, -0.25) is 4.79 Å². The van der Waals surface area contributed by atoms with Gasteiger partial charge in [0.05, 0.1) is 0 Å². The number of imide groups is 1. The Balaban J connectivity index is 2.22. The molecule has 120 valence electrons. The van der Waals surface area contributed by atoms with Crippen LogP contribution in [0, 0.1) is 0 Å². The minimum atomic E-state index is -4.05. The molecule has 8 nitrogen and oxygen atoms in total. The predicted molar refractivity (Wildman–Crippen MR) is 78.6 cm³/mol. The number of amides is 3. The molecule has 1 fully saturated rings. The lowest BCUT2D eigenvalue weighted by molar-refractivity contribution is -0.128. The van der Waals surface area contributed by atoms with Gasteiger partial charge in [0.1, 0.15) is 0 Å². The number of carbonyl (C=O) groups is 2. The van der Waals surface area contributed by atoms with Crippen LogP contribution in [0.4, 0.5) is 4.79 Å². The normalized spacial score (nSPS) is 22.5. The Labute approximate surface area is 141 Å². The molecule has 2 rings (SSSR count). The van der Waals surface area contributed by atoms with E-state index in [4.69, 9.17) is 35.2 Å². The molecule has 0 bridgehead atoms. The van der Waals surface area contributed by atoms with Crippen molar-refractivity contribution >= 4 is 57.1 Å². The fourth-order valence-corrected chi connectivity index (χ4v) is 3.49. The van der Waals surface area contributed by atoms with Gasteiger partial charge in [0.2, 0.25) is 0 Å². The fraction of sp³-hybridized carbons (Fsp3) is 0.300. The number of aromatic nitrogens is 1. The summed E-state index contributed by atoms with van der Waals surface area (Å²) in [4.78, 5) is 27.1. The highest BCUT2D eigenvalue weighted by atomic mass is 35.5. The summed E-state index contributed by atoms with van der Waals surface area (Å²) in [6.07, 6.45) is 1.22. The molecule has 0 radical (unpaired) electrons. The minimum absolute atomic E-state index is 0.180. The fourth-order valence-electron chi connectivity index (χ4n) is 1.66. The van der Waals surface area contributed by atoms with E-state index in [0.717, 1.165) is 6.07 Å². The first-order chi connectivity index (χ1) is 10.1. The first-order valence-corrected chi connectivity index (χ1v) is 8.25. The molecule has 0 aliphatic carbocycles. The molecule has 1 aromatic heterocycles. The molecular formula is C10H9Cl3N4O4S. The van der Waals surface area contributed by atoms with Crippen molar-refractivity contribution in [3.8, 4) is 0 Å². The number of sulfonamides is 1. The maximum absolute atomic E-state index is 12.1. The van der Waals surface area contributed by atoms with E-state index in [2.05, 4.69) is 9.71 Å². The third-order valence-corrected chi connectivity index (χ3v) is 5.34. The molecule has 1 saturated heterocycles. The van der Waals surface area contributed by atoms with E-state index in [-0.39, 0.29) is 10.0 Å². The number of hydrogen-bond acceptors (Lipinski definition) is 5. The van der Waals surface area contributed by atoms with Crippen molar-refractivity contribution in [1.82, 2.24) is 18.5 Å². The number of urea groups is 1. The van der Waals surface area contributed by atoms with Crippen LogP contribution in [0.1, 0.15) is 6.92 Å². The van der Waals surface area contributed by atoms with Crippen LogP contribution >= 0.6 is 35.2 Å². The van der Waals surface area contributed by atoms with Crippen molar-refractivity contribution in [3.05, 3.63) is 23.4 Å². The Morgan fingerprint density at radius 1 is 1.36 bits per heavy atom. The molecule has 1 N–H and O–H groups in total. The Kier molecular flexibility index (Phi) is 4.56. The summed E-state index contributed by atoms with van der Waals surface area (Å²) < 4.78 is 27.2. The van der Waals surface area contributed by atoms with Crippen molar-refractivity contribution in [2.24, 2.45) is 0 Å². The number of rotatable bonds is 4.